The Balaban J connectivity index is 1.52. The van der Waals surface area contributed by atoms with Crippen molar-refractivity contribution in [3.8, 4) is 0 Å². The molecule has 2 aromatic heterocycles. The van der Waals surface area contributed by atoms with Gasteiger partial charge in [-0.05, 0) is 31.4 Å². The summed E-state index contributed by atoms with van der Waals surface area (Å²) in [5.41, 5.74) is 1.07. The quantitative estimate of drug-likeness (QED) is 0.832. The molecule has 0 aliphatic heterocycles. The van der Waals surface area contributed by atoms with Crippen LogP contribution in [0.2, 0.25) is 0 Å². The van der Waals surface area contributed by atoms with Crippen molar-refractivity contribution in [1.29, 1.82) is 0 Å². The Kier molecular flexibility index (Phi) is 4.26. The number of sulfonamides is 1. The van der Waals surface area contributed by atoms with E-state index in [9.17, 15) is 8.42 Å². The minimum absolute atomic E-state index is 0.176. The van der Waals surface area contributed by atoms with E-state index in [1.165, 1.54) is 0 Å². The van der Waals surface area contributed by atoms with Crippen molar-refractivity contribution >= 4 is 15.5 Å². The lowest BCUT2D eigenvalue weighted by Gasteiger charge is -2.12. The standard InChI is InChI=1S/C15H21N3O2S/c19-21(20,14-7-1-2-8-14)17-10-5-9-15-16-12-13-6-3-4-11-18(13)15/h3-4,6,11-12,14,17H,1-2,5,7-10H2. The number of rotatable bonds is 6. The van der Waals surface area contributed by atoms with Crippen LogP contribution in [-0.2, 0) is 16.4 Å². The SMILES string of the molecule is O=S(=O)(NCCCc1ncc2ccccn12)C1CCCC1. The highest BCUT2D eigenvalue weighted by Crippen LogP contribution is 2.23. The van der Waals surface area contributed by atoms with Crippen LogP contribution in [0.15, 0.2) is 30.6 Å². The number of fused-ring (bicyclic) bond motifs is 1. The smallest absolute Gasteiger partial charge is 0.214 e. The van der Waals surface area contributed by atoms with Gasteiger partial charge in [0.05, 0.1) is 17.0 Å². The molecule has 1 N–H and O–H groups in total. The predicted octanol–water partition coefficient (Wildman–Crippen LogP) is 2.13. The van der Waals surface area contributed by atoms with E-state index >= 15 is 0 Å². The molecular weight excluding hydrogens is 286 g/mol. The van der Waals surface area contributed by atoms with Gasteiger partial charge in [0, 0.05) is 19.2 Å². The molecule has 0 aromatic carbocycles. The van der Waals surface area contributed by atoms with Gasteiger partial charge in [0.15, 0.2) is 0 Å². The molecule has 1 fully saturated rings. The van der Waals surface area contributed by atoms with Crippen LogP contribution in [-0.4, -0.2) is 29.6 Å². The Hall–Kier alpha value is -1.40. The first kappa shape index (κ1) is 14.5. The van der Waals surface area contributed by atoms with Crippen LogP contribution in [0, 0.1) is 0 Å². The van der Waals surface area contributed by atoms with Gasteiger partial charge in [-0.3, -0.25) is 0 Å². The molecular formula is C15H21N3O2S. The average molecular weight is 307 g/mol. The number of aryl methyl sites for hydroxylation is 1. The lowest BCUT2D eigenvalue weighted by atomic mass is 10.3. The van der Waals surface area contributed by atoms with Crippen molar-refractivity contribution in [3.63, 3.8) is 0 Å². The van der Waals surface area contributed by atoms with Gasteiger partial charge in [0.25, 0.3) is 0 Å². The topological polar surface area (TPSA) is 63.5 Å². The average Bonchev–Trinajstić information content (AvgIpc) is 3.14. The van der Waals surface area contributed by atoms with Crippen LogP contribution in [0.1, 0.15) is 37.9 Å². The van der Waals surface area contributed by atoms with Gasteiger partial charge >= 0.3 is 0 Å². The number of nitrogens with one attached hydrogen (secondary N) is 1. The van der Waals surface area contributed by atoms with Gasteiger partial charge in [0.1, 0.15) is 5.82 Å². The summed E-state index contributed by atoms with van der Waals surface area (Å²) in [7, 11) is -3.12. The highest BCUT2D eigenvalue weighted by Gasteiger charge is 2.27. The maximum Gasteiger partial charge on any atom is 0.214 e. The molecule has 0 atom stereocenters. The molecule has 1 aliphatic carbocycles. The van der Waals surface area contributed by atoms with Crippen LogP contribution in [0.25, 0.3) is 5.52 Å². The molecule has 3 rings (SSSR count). The Morgan fingerprint density at radius 1 is 1.29 bits per heavy atom. The molecule has 5 nitrogen and oxygen atoms in total. The predicted molar refractivity (Wildman–Crippen MR) is 82.7 cm³/mol. The second-order valence-electron chi connectivity index (χ2n) is 5.62. The molecule has 0 amide bonds. The molecule has 2 heterocycles. The van der Waals surface area contributed by atoms with Crippen molar-refractivity contribution < 1.29 is 8.42 Å². The third-order valence-electron chi connectivity index (χ3n) is 4.14. The van der Waals surface area contributed by atoms with Gasteiger partial charge in [-0.15, -0.1) is 0 Å². The molecule has 0 bridgehead atoms. The first-order valence-corrected chi connectivity index (χ1v) is 9.11. The van der Waals surface area contributed by atoms with E-state index < -0.39 is 10.0 Å². The Labute approximate surface area is 125 Å². The van der Waals surface area contributed by atoms with Crippen molar-refractivity contribution in [2.75, 3.05) is 6.54 Å². The summed E-state index contributed by atoms with van der Waals surface area (Å²) in [6.45, 7) is 0.487. The number of hydrogen-bond donors (Lipinski definition) is 1. The third-order valence-corrected chi connectivity index (χ3v) is 6.09. The molecule has 1 saturated carbocycles. The van der Waals surface area contributed by atoms with E-state index in [1.807, 2.05) is 35.0 Å². The van der Waals surface area contributed by atoms with E-state index in [1.54, 1.807) is 0 Å². The van der Waals surface area contributed by atoms with Crippen LogP contribution in [0.3, 0.4) is 0 Å². The van der Waals surface area contributed by atoms with Gasteiger partial charge in [-0.2, -0.15) is 0 Å². The van der Waals surface area contributed by atoms with Crippen molar-refractivity contribution in [2.45, 2.75) is 43.8 Å². The molecule has 21 heavy (non-hydrogen) atoms. The fourth-order valence-corrected chi connectivity index (χ4v) is 4.58. The zero-order valence-corrected chi connectivity index (χ0v) is 12.8. The van der Waals surface area contributed by atoms with Crippen LogP contribution >= 0.6 is 0 Å². The number of aromatic nitrogens is 2. The number of nitrogens with zero attached hydrogens (tertiary/aromatic N) is 2. The fraction of sp³-hybridized carbons (Fsp3) is 0.533. The largest absolute Gasteiger partial charge is 0.304 e. The molecule has 0 saturated heterocycles. The summed E-state index contributed by atoms with van der Waals surface area (Å²) in [4.78, 5) is 4.39. The van der Waals surface area contributed by atoms with E-state index in [0.717, 1.165) is 49.9 Å². The lowest BCUT2D eigenvalue weighted by molar-refractivity contribution is 0.561. The van der Waals surface area contributed by atoms with Gasteiger partial charge in [-0.25, -0.2) is 18.1 Å². The molecule has 2 aromatic rings. The summed E-state index contributed by atoms with van der Waals surface area (Å²) in [5.74, 6) is 0.977. The van der Waals surface area contributed by atoms with Gasteiger partial charge in [-0.1, -0.05) is 18.9 Å². The van der Waals surface area contributed by atoms with Crippen molar-refractivity contribution in [3.05, 3.63) is 36.4 Å². The molecule has 6 heteroatoms. The first-order chi connectivity index (χ1) is 10.2. The fourth-order valence-electron chi connectivity index (χ4n) is 2.96. The zero-order chi connectivity index (χ0) is 14.7. The minimum atomic E-state index is -3.12. The first-order valence-electron chi connectivity index (χ1n) is 7.56. The molecule has 0 radical (unpaired) electrons. The zero-order valence-electron chi connectivity index (χ0n) is 12.0. The van der Waals surface area contributed by atoms with Crippen molar-refractivity contribution in [1.82, 2.24) is 14.1 Å². The highest BCUT2D eigenvalue weighted by atomic mass is 32.2. The monoisotopic (exact) mass is 307 g/mol. The summed E-state index contributed by atoms with van der Waals surface area (Å²) in [6.07, 6.45) is 9.04. The Morgan fingerprint density at radius 2 is 2.10 bits per heavy atom. The summed E-state index contributed by atoms with van der Waals surface area (Å²) >= 11 is 0. The summed E-state index contributed by atoms with van der Waals surface area (Å²) in [6, 6.07) is 5.97. The van der Waals surface area contributed by atoms with E-state index in [4.69, 9.17) is 0 Å². The van der Waals surface area contributed by atoms with E-state index in [0.29, 0.717) is 6.54 Å². The van der Waals surface area contributed by atoms with Crippen LogP contribution < -0.4 is 4.72 Å². The number of pyridine rings is 1. The summed E-state index contributed by atoms with van der Waals surface area (Å²) in [5, 5.41) is -0.176. The second kappa shape index (κ2) is 6.15. The molecule has 114 valence electrons. The van der Waals surface area contributed by atoms with Gasteiger partial charge < -0.3 is 4.40 Å². The third kappa shape index (κ3) is 3.27. The molecule has 0 spiro atoms. The lowest BCUT2D eigenvalue weighted by Crippen LogP contribution is -2.33. The molecule has 0 unspecified atom stereocenters. The second-order valence-corrected chi connectivity index (χ2v) is 7.66. The maximum atomic E-state index is 12.1. The minimum Gasteiger partial charge on any atom is -0.304 e. The number of hydrogen-bond acceptors (Lipinski definition) is 3. The van der Waals surface area contributed by atoms with Gasteiger partial charge in [0.2, 0.25) is 10.0 Å². The Morgan fingerprint density at radius 3 is 2.90 bits per heavy atom. The Bertz CT molecular complexity index is 703. The maximum absolute atomic E-state index is 12.1. The molecule has 1 aliphatic rings. The van der Waals surface area contributed by atoms with E-state index in [2.05, 4.69) is 9.71 Å². The summed E-state index contributed by atoms with van der Waals surface area (Å²) < 4.78 is 28.9. The van der Waals surface area contributed by atoms with Crippen LogP contribution in [0.4, 0.5) is 0 Å². The van der Waals surface area contributed by atoms with Crippen LogP contribution in [0.5, 0.6) is 0 Å². The normalized spacial score (nSPS) is 16.8. The highest BCUT2D eigenvalue weighted by molar-refractivity contribution is 7.90. The van der Waals surface area contributed by atoms with E-state index in [-0.39, 0.29) is 5.25 Å². The number of imidazole rings is 1. The van der Waals surface area contributed by atoms with Crippen molar-refractivity contribution in [2.24, 2.45) is 0 Å².